The van der Waals surface area contributed by atoms with Gasteiger partial charge in [-0.15, -0.1) is 0 Å². The van der Waals surface area contributed by atoms with Crippen LogP contribution in [0.5, 0.6) is 0 Å². The van der Waals surface area contributed by atoms with Gasteiger partial charge in [0.25, 0.3) is 0 Å². The van der Waals surface area contributed by atoms with E-state index in [-0.39, 0.29) is 17.7 Å². The van der Waals surface area contributed by atoms with Crippen LogP contribution in [0.15, 0.2) is 28.7 Å². The molecule has 2 amide bonds. The first-order valence-corrected chi connectivity index (χ1v) is 8.05. The minimum Gasteiger partial charge on any atom is -0.356 e. The summed E-state index contributed by atoms with van der Waals surface area (Å²) in [7, 11) is 0. The number of nitrogens with one attached hydrogen (secondary N) is 1. The highest BCUT2D eigenvalue weighted by molar-refractivity contribution is 9.10. The van der Waals surface area contributed by atoms with Gasteiger partial charge >= 0.3 is 0 Å². The average Bonchev–Trinajstić information content (AvgIpc) is 2.77. The van der Waals surface area contributed by atoms with E-state index in [1.807, 2.05) is 24.3 Å². The van der Waals surface area contributed by atoms with Crippen molar-refractivity contribution in [3.8, 4) is 0 Å². The molecule has 0 radical (unpaired) electrons. The summed E-state index contributed by atoms with van der Waals surface area (Å²) in [4.78, 5) is 25.9. The van der Waals surface area contributed by atoms with Crippen LogP contribution in [-0.2, 0) is 16.1 Å². The molecule has 114 valence electrons. The molecule has 1 heterocycles. The minimum absolute atomic E-state index is 0.00575. The highest BCUT2D eigenvalue weighted by Gasteiger charge is 2.34. The summed E-state index contributed by atoms with van der Waals surface area (Å²) >= 11 is 3.43. The van der Waals surface area contributed by atoms with Crippen LogP contribution in [0.2, 0.25) is 0 Å². The van der Waals surface area contributed by atoms with Gasteiger partial charge in [0.15, 0.2) is 0 Å². The molecule has 0 spiro atoms. The zero-order valence-corrected chi connectivity index (χ0v) is 14.0. The summed E-state index contributed by atoms with van der Waals surface area (Å²) < 4.78 is 0.998. The van der Waals surface area contributed by atoms with Crippen molar-refractivity contribution < 1.29 is 9.59 Å². The van der Waals surface area contributed by atoms with Crippen molar-refractivity contribution >= 4 is 27.7 Å². The number of rotatable bonds is 5. The smallest absolute Gasteiger partial charge is 0.225 e. The Morgan fingerprint density at radius 1 is 1.48 bits per heavy atom. The van der Waals surface area contributed by atoms with Crippen LogP contribution >= 0.6 is 15.9 Å². The third-order valence-corrected chi connectivity index (χ3v) is 4.03. The average molecular weight is 353 g/mol. The lowest BCUT2D eigenvalue weighted by atomic mass is 10.1. The highest BCUT2D eigenvalue weighted by atomic mass is 79.9. The summed E-state index contributed by atoms with van der Waals surface area (Å²) in [6.45, 7) is 5.84. The number of hydrogen-bond acceptors (Lipinski definition) is 2. The Labute approximate surface area is 134 Å². The molecule has 0 unspecified atom stereocenters. The van der Waals surface area contributed by atoms with E-state index in [4.69, 9.17) is 0 Å². The minimum atomic E-state index is -0.219. The Balaban J connectivity index is 1.92. The van der Waals surface area contributed by atoms with Crippen molar-refractivity contribution in [1.82, 2.24) is 10.2 Å². The molecule has 1 aromatic rings. The van der Waals surface area contributed by atoms with E-state index in [2.05, 4.69) is 35.1 Å². The van der Waals surface area contributed by atoms with E-state index >= 15 is 0 Å². The standard InChI is InChI=1S/C16H21BrN2O2/c1-11(2)8-18-16(21)13-7-15(20)19(10-13)9-12-4-3-5-14(17)6-12/h3-6,11,13H,7-10H2,1-2H3,(H,18,21)/t13-/m0/s1. The Morgan fingerprint density at radius 2 is 2.24 bits per heavy atom. The van der Waals surface area contributed by atoms with E-state index in [0.717, 1.165) is 10.0 Å². The summed E-state index contributed by atoms with van der Waals surface area (Å²) in [6, 6.07) is 7.90. The van der Waals surface area contributed by atoms with Gasteiger partial charge in [0, 0.05) is 30.5 Å². The molecule has 1 fully saturated rings. The van der Waals surface area contributed by atoms with E-state index in [1.165, 1.54) is 0 Å². The lowest BCUT2D eigenvalue weighted by molar-refractivity contribution is -0.129. The number of nitrogens with zero attached hydrogens (tertiary/aromatic N) is 1. The van der Waals surface area contributed by atoms with Crippen LogP contribution < -0.4 is 5.32 Å². The zero-order chi connectivity index (χ0) is 15.4. The Morgan fingerprint density at radius 3 is 2.90 bits per heavy atom. The molecule has 21 heavy (non-hydrogen) atoms. The largest absolute Gasteiger partial charge is 0.356 e. The fraction of sp³-hybridized carbons (Fsp3) is 0.500. The molecule has 1 saturated heterocycles. The lowest BCUT2D eigenvalue weighted by Crippen LogP contribution is -2.34. The molecule has 0 bridgehead atoms. The first-order chi connectivity index (χ1) is 9.95. The second kappa shape index (κ2) is 7.07. The van der Waals surface area contributed by atoms with Gasteiger partial charge in [0.2, 0.25) is 11.8 Å². The van der Waals surface area contributed by atoms with Crippen LogP contribution in [0.3, 0.4) is 0 Å². The first kappa shape index (κ1) is 16.0. The van der Waals surface area contributed by atoms with Crippen molar-refractivity contribution in [2.75, 3.05) is 13.1 Å². The second-order valence-electron chi connectivity index (χ2n) is 5.94. The predicted octanol–water partition coefficient (Wildman–Crippen LogP) is 2.57. The Kier molecular flexibility index (Phi) is 5.39. The molecule has 0 aromatic heterocycles. The third kappa shape index (κ3) is 4.56. The van der Waals surface area contributed by atoms with Crippen LogP contribution in [0.4, 0.5) is 0 Å². The molecule has 1 atom stereocenters. The van der Waals surface area contributed by atoms with Crippen LogP contribution in [0.25, 0.3) is 0 Å². The summed E-state index contributed by atoms with van der Waals surface area (Å²) in [6.07, 6.45) is 0.317. The van der Waals surface area contributed by atoms with Gasteiger partial charge in [-0.25, -0.2) is 0 Å². The number of carbonyl (C=O) groups is 2. The van der Waals surface area contributed by atoms with Gasteiger partial charge in [0.1, 0.15) is 0 Å². The number of halogens is 1. The molecule has 5 heteroatoms. The molecule has 1 N–H and O–H groups in total. The maximum atomic E-state index is 12.1. The van der Waals surface area contributed by atoms with E-state index < -0.39 is 0 Å². The predicted molar refractivity (Wildman–Crippen MR) is 85.5 cm³/mol. The van der Waals surface area contributed by atoms with Crippen LogP contribution in [0.1, 0.15) is 25.8 Å². The van der Waals surface area contributed by atoms with Crippen molar-refractivity contribution in [3.63, 3.8) is 0 Å². The first-order valence-electron chi connectivity index (χ1n) is 7.25. The number of likely N-dealkylation sites (tertiary alicyclic amines) is 1. The van der Waals surface area contributed by atoms with Crippen molar-refractivity contribution in [3.05, 3.63) is 34.3 Å². The van der Waals surface area contributed by atoms with Gasteiger partial charge < -0.3 is 10.2 Å². The van der Waals surface area contributed by atoms with Crippen molar-refractivity contribution in [2.24, 2.45) is 11.8 Å². The normalized spacial score (nSPS) is 18.4. The summed E-state index contributed by atoms with van der Waals surface area (Å²) in [5.41, 5.74) is 1.07. The molecule has 1 aliphatic heterocycles. The van der Waals surface area contributed by atoms with Gasteiger partial charge in [-0.1, -0.05) is 41.9 Å². The fourth-order valence-electron chi connectivity index (χ4n) is 2.41. The molecule has 2 rings (SSSR count). The number of hydrogen-bond donors (Lipinski definition) is 1. The summed E-state index contributed by atoms with van der Waals surface area (Å²) in [5.74, 6) is 0.251. The second-order valence-corrected chi connectivity index (χ2v) is 6.86. The highest BCUT2D eigenvalue weighted by Crippen LogP contribution is 2.21. The molecule has 0 aliphatic carbocycles. The van der Waals surface area contributed by atoms with Crippen LogP contribution in [0, 0.1) is 11.8 Å². The Bertz CT molecular complexity index is 531. The number of amides is 2. The van der Waals surface area contributed by atoms with Gasteiger partial charge in [0.05, 0.1) is 5.92 Å². The topological polar surface area (TPSA) is 49.4 Å². The van der Waals surface area contributed by atoms with Crippen LogP contribution in [-0.4, -0.2) is 29.8 Å². The quantitative estimate of drug-likeness (QED) is 0.885. The van der Waals surface area contributed by atoms with Crippen molar-refractivity contribution in [2.45, 2.75) is 26.8 Å². The molecule has 4 nitrogen and oxygen atoms in total. The number of benzene rings is 1. The molecule has 1 aromatic carbocycles. The van der Waals surface area contributed by atoms with Gasteiger partial charge in [-0.3, -0.25) is 9.59 Å². The van der Waals surface area contributed by atoms with E-state index in [9.17, 15) is 9.59 Å². The lowest BCUT2D eigenvalue weighted by Gasteiger charge is -2.17. The molecular weight excluding hydrogens is 332 g/mol. The SMILES string of the molecule is CC(C)CNC(=O)[C@H]1CC(=O)N(Cc2cccc(Br)c2)C1. The van der Waals surface area contributed by atoms with Gasteiger partial charge in [-0.2, -0.15) is 0 Å². The Hall–Kier alpha value is -1.36. The fourth-order valence-corrected chi connectivity index (χ4v) is 2.85. The third-order valence-electron chi connectivity index (χ3n) is 3.53. The zero-order valence-electron chi connectivity index (χ0n) is 12.4. The molecular formula is C16H21BrN2O2. The molecule has 1 aliphatic rings. The van der Waals surface area contributed by atoms with E-state index in [0.29, 0.717) is 32.0 Å². The monoisotopic (exact) mass is 352 g/mol. The van der Waals surface area contributed by atoms with E-state index in [1.54, 1.807) is 4.90 Å². The van der Waals surface area contributed by atoms with Crippen molar-refractivity contribution in [1.29, 1.82) is 0 Å². The van der Waals surface area contributed by atoms with Gasteiger partial charge in [-0.05, 0) is 23.6 Å². The summed E-state index contributed by atoms with van der Waals surface area (Å²) in [5, 5.41) is 2.91. The molecule has 0 saturated carbocycles. The maximum Gasteiger partial charge on any atom is 0.225 e. The number of carbonyl (C=O) groups excluding carboxylic acids is 2. The maximum absolute atomic E-state index is 12.1.